The Balaban J connectivity index is 2.05. The molecule has 0 amide bonds. The van der Waals surface area contributed by atoms with Crippen LogP contribution in [0.1, 0.15) is 18.4 Å². The molecule has 0 unspecified atom stereocenters. The van der Waals surface area contributed by atoms with Gasteiger partial charge in [0.05, 0.1) is 5.56 Å². The average molecular weight is 245 g/mol. The number of hydrogen-bond donors (Lipinski definition) is 1. The molecule has 1 aliphatic rings. The number of rotatable bonds is 2. The number of halogens is 3. The highest BCUT2D eigenvalue weighted by atomic mass is 19.4. The first kappa shape index (κ1) is 12.2. The Morgan fingerprint density at radius 3 is 2.76 bits per heavy atom. The molecule has 1 N–H and O–H groups in total. The maximum Gasteiger partial charge on any atom is 0.416 e. The normalized spacial score (nSPS) is 21.2. The van der Waals surface area contributed by atoms with Crippen molar-refractivity contribution in [2.24, 2.45) is 0 Å². The minimum absolute atomic E-state index is 0.0350. The van der Waals surface area contributed by atoms with E-state index in [2.05, 4.69) is 5.32 Å². The third-order valence-electron chi connectivity index (χ3n) is 2.72. The number of nitrogens with one attached hydrogen (secondary N) is 1. The van der Waals surface area contributed by atoms with Crippen LogP contribution in [0.2, 0.25) is 0 Å². The third-order valence-corrected chi connectivity index (χ3v) is 2.72. The van der Waals surface area contributed by atoms with Gasteiger partial charge in [-0.2, -0.15) is 13.2 Å². The summed E-state index contributed by atoms with van der Waals surface area (Å²) >= 11 is 0. The summed E-state index contributed by atoms with van der Waals surface area (Å²) < 4.78 is 43.0. The molecule has 1 saturated heterocycles. The lowest BCUT2D eigenvalue weighted by atomic mass is 10.1. The van der Waals surface area contributed by atoms with Gasteiger partial charge in [-0.05, 0) is 37.6 Å². The van der Waals surface area contributed by atoms with E-state index in [1.807, 2.05) is 0 Å². The van der Waals surface area contributed by atoms with E-state index < -0.39 is 11.7 Å². The van der Waals surface area contributed by atoms with Crippen LogP contribution >= 0.6 is 0 Å². The summed E-state index contributed by atoms with van der Waals surface area (Å²) in [7, 11) is 0. The molecule has 0 spiro atoms. The van der Waals surface area contributed by atoms with Crippen LogP contribution in [0.5, 0.6) is 5.75 Å². The van der Waals surface area contributed by atoms with E-state index >= 15 is 0 Å². The molecule has 2 rings (SSSR count). The number of benzene rings is 1. The SMILES string of the molecule is FC(F)(F)c1cccc(O[C@@H]2CCCNC2)c1. The second-order valence-corrected chi connectivity index (χ2v) is 4.11. The van der Waals surface area contributed by atoms with Crippen molar-refractivity contribution in [2.75, 3.05) is 13.1 Å². The fraction of sp³-hybridized carbons (Fsp3) is 0.500. The highest BCUT2D eigenvalue weighted by Gasteiger charge is 2.30. The van der Waals surface area contributed by atoms with Crippen molar-refractivity contribution < 1.29 is 17.9 Å². The average Bonchev–Trinajstić information content (AvgIpc) is 2.29. The Kier molecular flexibility index (Phi) is 3.57. The summed E-state index contributed by atoms with van der Waals surface area (Å²) in [5.74, 6) is 0.286. The highest BCUT2D eigenvalue weighted by Crippen LogP contribution is 2.31. The van der Waals surface area contributed by atoms with Crippen LogP contribution < -0.4 is 10.1 Å². The van der Waals surface area contributed by atoms with Crippen molar-refractivity contribution in [1.29, 1.82) is 0 Å². The lowest BCUT2D eigenvalue weighted by Crippen LogP contribution is -2.37. The van der Waals surface area contributed by atoms with Crippen LogP contribution in [0, 0.1) is 0 Å². The molecule has 0 bridgehead atoms. The van der Waals surface area contributed by atoms with Crippen molar-refractivity contribution in [3.63, 3.8) is 0 Å². The van der Waals surface area contributed by atoms with Crippen LogP contribution in [0.15, 0.2) is 24.3 Å². The van der Waals surface area contributed by atoms with E-state index in [4.69, 9.17) is 4.74 Å². The van der Waals surface area contributed by atoms with Crippen LogP contribution in [0.25, 0.3) is 0 Å². The molecule has 0 aliphatic carbocycles. The quantitative estimate of drug-likeness (QED) is 0.865. The number of alkyl halides is 3. The molecule has 1 heterocycles. The summed E-state index contributed by atoms with van der Waals surface area (Å²) in [6, 6.07) is 5.03. The third kappa shape index (κ3) is 3.36. The summed E-state index contributed by atoms with van der Waals surface area (Å²) in [5, 5.41) is 3.15. The molecule has 94 valence electrons. The van der Waals surface area contributed by atoms with E-state index in [-0.39, 0.29) is 11.9 Å². The summed E-state index contributed by atoms with van der Waals surface area (Å²) in [6.45, 7) is 1.64. The monoisotopic (exact) mass is 245 g/mol. The molecular weight excluding hydrogens is 231 g/mol. The van der Waals surface area contributed by atoms with Gasteiger partial charge in [0.25, 0.3) is 0 Å². The van der Waals surface area contributed by atoms with Gasteiger partial charge in [0.15, 0.2) is 0 Å². The first-order chi connectivity index (χ1) is 8.05. The zero-order valence-electron chi connectivity index (χ0n) is 9.26. The minimum Gasteiger partial charge on any atom is -0.489 e. The molecule has 5 heteroatoms. The van der Waals surface area contributed by atoms with Gasteiger partial charge in [0.1, 0.15) is 11.9 Å². The fourth-order valence-corrected chi connectivity index (χ4v) is 1.86. The molecule has 1 aliphatic heterocycles. The van der Waals surface area contributed by atoms with Gasteiger partial charge in [0, 0.05) is 6.54 Å². The maximum absolute atomic E-state index is 12.5. The first-order valence-corrected chi connectivity index (χ1v) is 5.60. The van der Waals surface area contributed by atoms with Gasteiger partial charge in [-0.3, -0.25) is 0 Å². The largest absolute Gasteiger partial charge is 0.489 e. The summed E-state index contributed by atoms with van der Waals surface area (Å²) in [5.41, 5.74) is -0.668. The van der Waals surface area contributed by atoms with E-state index in [0.717, 1.165) is 31.5 Å². The standard InChI is InChI=1S/C12H14F3NO/c13-12(14,15)9-3-1-4-10(7-9)17-11-5-2-6-16-8-11/h1,3-4,7,11,16H,2,5-6,8H2/t11-/m1/s1. The van der Waals surface area contributed by atoms with Crippen molar-refractivity contribution in [1.82, 2.24) is 5.32 Å². The smallest absolute Gasteiger partial charge is 0.416 e. The Labute approximate surface area is 97.8 Å². The van der Waals surface area contributed by atoms with Crippen LogP contribution in [0.4, 0.5) is 13.2 Å². The molecule has 0 aromatic heterocycles. The molecule has 1 aromatic rings. The van der Waals surface area contributed by atoms with E-state index in [9.17, 15) is 13.2 Å². The second-order valence-electron chi connectivity index (χ2n) is 4.11. The molecular formula is C12H14F3NO. The van der Waals surface area contributed by atoms with Crippen LogP contribution in [-0.4, -0.2) is 19.2 Å². The molecule has 1 atom stereocenters. The zero-order valence-corrected chi connectivity index (χ0v) is 9.26. The van der Waals surface area contributed by atoms with Gasteiger partial charge in [-0.25, -0.2) is 0 Å². The first-order valence-electron chi connectivity index (χ1n) is 5.60. The van der Waals surface area contributed by atoms with Crippen molar-refractivity contribution in [2.45, 2.75) is 25.1 Å². The van der Waals surface area contributed by atoms with Crippen molar-refractivity contribution in [3.05, 3.63) is 29.8 Å². The summed E-state index contributed by atoms with van der Waals surface area (Å²) in [6.07, 6.45) is -2.48. The molecule has 0 radical (unpaired) electrons. The molecule has 1 aromatic carbocycles. The van der Waals surface area contributed by atoms with Gasteiger partial charge in [-0.1, -0.05) is 6.07 Å². The van der Waals surface area contributed by atoms with E-state index in [0.29, 0.717) is 6.54 Å². The number of ether oxygens (including phenoxy) is 1. The molecule has 2 nitrogen and oxygen atoms in total. The highest BCUT2D eigenvalue weighted by molar-refractivity contribution is 5.30. The minimum atomic E-state index is -4.32. The van der Waals surface area contributed by atoms with Crippen molar-refractivity contribution in [3.8, 4) is 5.75 Å². The van der Waals surface area contributed by atoms with E-state index in [1.165, 1.54) is 6.07 Å². The van der Waals surface area contributed by atoms with Gasteiger partial charge in [-0.15, -0.1) is 0 Å². The topological polar surface area (TPSA) is 21.3 Å². The van der Waals surface area contributed by atoms with Crippen LogP contribution in [-0.2, 0) is 6.18 Å². The summed E-state index contributed by atoms with van der Waals surface area (Å²) in [4.78, 5) is 0. The Morgan fingerprint density at radius 1 is 1.29 bits per heavy atom. The molecule has 17 heavy (non-hydrogen) atoms. The number of hydrogen-bond acceptors (Lipinski definition) is 2. The number of piperidine rings is 1. The molecule has 1 fully saturated rings. The van der Waals surface area contributed by atoms with Gasteiger partial charge in [0.2, 0.25) is 0 Å². The second kappa shape index (κ2) is 4.96. The lowest BCUT2D eigenvalue weighted by Gasteiger charge is -2.24. The predicted molar refractivity (Wildman–Crippen MR) is 58.0 cm³/mol. The Morgan fingerprint density at radius 2 is 2.12 bits per heavy atom. The zero-order chi connectivity index (χ0) is 12.3. The van der Waals surface area contributed by atoms with Crippen LogP contribution in [0.3, 0.4) is 0 Å². The Bertz CT molecular complexity index is 372. The van der Waals surface area contributed by atoms with Crippen molar-refractivity contribution >= 4 is 0 Å². The van der Waals surface area contributed by atoms with Gasteiger partial charge < -0.3 is 10.1 Å². The predicted octanol–water partition coefficient (Wildman–Crippen LogP) is 2.84. The maximum atomic E-state index is 12.5. The fourth-order valence-electron chi connectivity index (χ4n) is 1.86. The molecule has 0 saturated carbocycles. The lowest BCUT2D eigenvalue weighted by molar-refractivity contribution is -0.137. The van der Waals surface area contributed by atoms with E-state index in [1.54, 1.807) is 6.07 Å². The van der Waals surface area contributed by atoms with Gasteiger partial charge >= 0.3 is 6.18 Å². The Hall–Kier alpha value is -1.23.